The lowest BCUT2D eigenvalue weighted by atomic mass is 9.97. The number of amides is 1. The highest BCUT2D eigenvalue weighted by atomic mass is 16.6. The minimum Gasteiger partial charge on any atom is -0.440 e. The van der Waals surface area contributed by atoms with Crippen molar-refractivity contribution < 1.29 is 18.7 Å². The molecule has 0 radical (unpaired) electrons. The topological polar surface area (TPSA) is 73.6 Å². The van der Waals surface area contributed by atoms with E-state index in [-0.39, 0.29) is 17.9 Å². The van der Waals surface area contributed by atoms with Crippen LogP contribution in [0.15, 0.2) is 22.6 Å². The van der Waals surface area contributed by atoms with Crippen LogP contribution in [0.1, 0.15) is 26.7 Å². The zero-order valence-corrected chi connectivity index (χ0v) is 13.0. The Hall–Kier alpha value is -1.92. The molecule has 1 N–H and O–H groups in total. The van der Waals surface area contributed by atoms with Crippen molar-refractivity contribution in [3.8, 4) is 0 Å². The average molecular weight is 304 g/mol. The van der Waals surface area contributed by atoms with Crippen LogP contribution in [-0.2, 0) is 19.7 Å². The number of fused-ring (bicyclic) bond motifs is 1. The van der Waals surface area contributed by atoms with E-state index in [4.69, 9.17) is 13.9 Å². The van der Waals surface area contributed by atoms with Gasteiger partial charge in [-0.25, -0.2) is 4.98 Å². The molecule has 6 heteroatoms. The molecule has 0 aliphatic carbocycles. The minimum absolute atomic E-state index is 0.157. The van der Waals surface area contributed by atoms with Crippen molar-refractivity contribution in [1.29, 1.82) is 0 Å². The van der Waals surface area contributed by atoms with Crippen LogP contribution < -0.4 is 5.32 Å². The van der Waals surface area contributed by atoms with E-state index in [1.807, 2.05) is 26.8 Å². The van der Waals surface area contributed by atoms with Crippen molar-refractivity contribution in [2.24, 2.45) is 0 Å². The monoisotopic (exact) mass is 304 g/mol. The van der Waals surface area contributed by atoms with Gasteiger partial charge in [-0.2, -0.15) is 0 Å². The van der Waals surface area contributed by atoms with E-state index in [1.165, 1.54) is 0 Å². The van der Waals surface area contributed by atoms with Crippen LogP contribution in [-0.4, -0.2) is 36.8 Å². The number of ether oxygens (including phenoxy) is 2. The van der Waals surface area contributed by atoms with Gasteiger partial charge >= 0.3 is 0 Å². The molecule has 1 unspecified atom stereocenters. The van der Waals surface area contributed by atoms with Gasteiger partial charge in [-0.3, -0.25) is 4.79 Å². The first-order chi connectivity index (χ1) is 10.4. The lowest BCUT2D eigenvalue weighted by Crippen LogP contribution is -2.39. The van der Waals surface area contributed by atoms with Crippen molar-refractivity contribution in [3.63, 3.8) is 0 Å². The van der Waals surface area contributed by atoms with Gasteiger partial charge in [0.15, 0.2) is 11.7 Å². The summed E-state index contributed by atoms with van der Waals surface area (Å²) in [6.07, 6.45) is -0.563. The Morgan fingerprint density at radius 2 is 2.14 bits per heavy atom. The molecule has 1 saturated heterocycles. The Morgan fingerprint density at radius 1 is 1.32 bits per heavy atom. The zero-order chi connectivity index (χ0) is 15.7. The number of carbonyl (C=O) groups is 1. The summed E-state index contributed by atoms with van der Waals surface area (Å²) in [6.45, 7) is 7.38. The van der Waals surface area contributed by atoms with Gasteiger partial charge in [-0.05, 0) is 18.2 Å². The number of hydrogen-bond acceptors (Lipinski definition) is 5. The summed E-state index contributed by atoms with van der Waals surface area (Å²) >= 11 is 0. The van der Waals surface area contributed by atoms with Crippen LogP contribution in [0, 0.1) is 0 Å². The Kier molecular flexibility index (Phi) is 3.88. The van der Waals surface area contributed by atoms with E-state index >= 15 is 0 Å². The molecule has 0 saturated carbocycles. The van der Waals surface area contributed by atoms with E-state index in [0.717, 1.165) is 5.52 Å². The van der Waals surface area contributed by atoms with Crippen LogP contribution >= 0.6 is 0 Å². The van der Waals surface area contributed by atoms with Crippen LogP contribution in [0.5, 0.6) is 0 Å². The van der Waals surface area contributed by atoms with Gasteiger partial charge < -0.3 is 19.2 Å². The number of benzene rings is 1. The highest BCUT2D eigenvalue weighted by Gasteiger charge is 2.24. The second kappa shape index (κ2) is 5.70. The molecule has 1 atom stereocenters. The highest BCUT2D eigenvalue weighted by Crippen LogP contribution is 2.27. The predicted octanol–water partition coefficient (Wildman–Crippen LogP) is 2.48. The third-order valence-electron chi connectivity index (χ3n) is 3.41. The second-order valence-corrected chi connectivity index (χ2v) is 6.38. The third-order valence-corrected chi connectivity index (χ3v) is 3.41. The number of carbonyl (C=O) groups excluding carboxylic acids is 1. The molecular weight excluding hydrogens is 284 g/mol. The molecule has 1 aliphatic rings. The molecule has 2 aromatic rings. The molecule has 1 aromatic carbocycles. The standard InChI is InChI=1S/C16H20N2O4/c1-16(2,3)15-18-11-8-10(4-5-12(11)22-15)17-14(19)13-9-20-6-7-21-13/h4-5,8,13H,6-7,9H2,1-3H3,(H,17,19). The minimum atomic E-state index is -0.563. The summed E-state index contributed by atoms with van der Waals surface area (Å²) in [5, 5.41) is 2.83. The van der Waals surface area contributed by atoms with Crippen molar-refractivity contribution in [2.75, 3.05) is 25.1 Å². The summed E-state index contributed by atoms with van der Waals surface area (Å²) in [7, 11) is 0. The summed E-state index contributed by atoms with van der Waals surface area (Å²) in [5.74, 6) is 0.466. The first-order valence-electron chi connectivity index (χ1n) is 7.35. The van der Waals surface area contributed by atoms with E-state index < -0.39 is 6.10 Å². The fourth-order valence-corrected chi connectivity index (χ4v) is 2.19. The van der Waals surface area contributed by atoms with Crippen LogP contribution in [0.3, 0.4) is 0 Å². The number of rotatable bonds is 2. The van der Waals surface area contributed by atoms with Crippen molar-refractivity contribution in [1.82, 2.24) is 4.98 Å². The Balaban J connectivity index is 1.78. The first-order valence-corrected chi connectivity index (χ1v) is 7.35. The first kappa shape index (κ1) is 15.0. The fraction of sp³-hybridized carbons (Fsp3) is 0.500. The van der Waals surface area contributed by atoms with Gasteiger partial charge in [0, 0.05) is 11.1 Å². The molecule has 1 fully saturated rings. The van der Waals surface area contributed by atoms with E-state index in [9.17, 15) is 4.79 Å². The third kappa shape index (κ3) is 3.13. The zero-order valence-electron chi connectivity index (χ0n) is 13.0. The van der Waals surface area contributed by atoms with Crippen LogP contribution in [0.2, 0.25) is 0 Å². The van der Waals surface area contributed by atoms with Gasteiger partial charge in [0.05, 0.1) is 19.8 Å². The largest absolute Gasteiger partial charge is 0.440 e. The fourth-order valence-electron chi connectivity index (χ4n) is 2.19. The van der Waals surface area contributed by atoms with Gasteiger partial charge in [-0.15, -0.1) is 0 Å². The number of nitrogens with one attached hydrogen (secondary N) is 1. The molecule has 3 rings (SSSR count). The van der Waals surface area contributed by atoms with Gasteiger partial charge in [0.25, 0.3) is 5.91 Å². The maximum atomic E-state index is 12.1. The SMILES string of the molecule is CC(C)(C)c1nc2cc(NC(=O)C3COCCO3)ccc2o1. The molecule has 1 aromatic heterocycles. The summed E-state index contributed by atoms with van der Waals surface area (Å²) in [5.41, 5.74) is 1.94. The van der Waals surface area contributed by atoms with Crippen LogP contribution in [0.4, 0.5) is 5.69 Å². The Morgan fingerprint density at radius 3 is 2.82 bits per heavy atom. The van der Waals surface area contributed by atoms with Gasteiger partial charge in [-0.1, -0.05) is 20.8 Å². The number of aromatic nitrogens is 1. The average Bonchev–Trinajstić information content (AvgIpc) is 2.91. The van der Waals surface area contributed by atoms with E-state index in [2.05, 4.69) is 10.3 Å². The molecule has 1 amide bonds. The molecular formula is C16H20N2O4. The van der Waals surface area contributed by atoms with Crippen molar-refractivity contribution in [3.05, 3.63) is 24.1 Å². The smallest absolute Gasteiger partial charge is 0.255 e. The Labute approximate surface area is 128 Å². The van der Waals surface area contributed by atoms with E-state index in [1.54, 1.807) is 12.1 Å². The summed E-state index contributed by atoms with van der Waals surface area (Å²) in [4.78, 5) is 16.6. The normalized spacial score (nSPS) is 19.3. The van der Waals surface area contributed by atoms with E-state index in [0.29, 0.717) is 30.4 Å². The second-order valence-electron chi connectivity index (χ2n) is 6.38. The maximum absolute atomic E-state index is 12.1. The van der Waals surface area contributed by atoms with Crippen molar-refractivity contribution in [2.45, 2.75) is 32.3 Å². The predicted molar refractivity (Wildman–Crippen MR) is 81.9 cm³/mol. The number of hydrogen-bond donors (Lipinski definition) is 1. The molecule has 0 spiro atoms. The summed E-state index contributed by atoms with van der Waals surface area (Å²) < 4.78 is 16.4. The van der Waals surface area contributed by atoms with Gasteiger partial charge in [0.2, 0.25) is 5.89 Å². The molecule has 1 aliphatic heterocycles. The number of nitrogens with zero attached hydrogens (tertiary/aromatic N) is 1. The molecule has 2 heterocycles. The highest BCUT2D eigenvalue weighted by molar-refractivity contribution is 5.95. The summed E-state index contributed by atoms with van der Waals surface area (Å²) in [6, 6.07) is 5.41. The molecule has 22 heavy (non-hydrogen) atoms. The lowest BCUT2D eigenvalue weighted by molar-refractivity contribution is -0.142. The molecule has 0 bridgehead atoms. The number of oxazole rings is 1. The number of anilines is 1. The molecule has 118 valence electrons. The maximum Gasteiger partial charge on any atom is 0.255 e. The molecule has 6 nitrogen and oxygen atoms in total. The van der Waals surface area contributed by atoms with Crippen molar-refractivity contribution >= 4 is 22.7 Å². The Bertz CT molecular complexity index is 681. The van der Waals surface area contributed by atoms with Gasteiger partial charge in [0.1, 0.15) is 5.52 Å². The quantitative estimate of drug-likeness (QED) is 0.922. The lowest BCUT2D eigenvalue weighted by Gasteiger charge is -2.21. The van der Waals surface area contributed by atoms with Crippen LogP contribution in [0.25, 0.3) is 11.1 Å².